The number of sulfonamides is 1. The van der Waals surface area contributed by atoms with E-state index in [1.165, 1.54) is 15.6 Å². The summed E-state index contributed by atoms with van der Waals surface area (Å²) in [6.07, 6.45) is 0.682. The zero-order valence-corrected chi connectivity index (χ0v) is 18.5. The van der Waals surface area contributed by atoms with E-state index in [1.807, 2.05) is 41.3 Å². The van der Waals surface area contributed by atoms with Crippen LogP contribution in [0.1, 0.15) is 15.9 Å². The molecule has 2 aromatic carbocycles. The molecular weight excluding hydrogens is 432 g/mol. The molecule has 160 valence electrons. The second-order valence-electron chi connectivity index (χ2n) is 7.58. The Labute approximate surface area is 185 Å². The molecule has 8 heteroatoms. The highest BCUT2D eigenvalue weighted by atomic mass is 32.2. The number of morpholine rings is 1. The van der Waals surface area contributed by atoms with Crippen LogP contribution in [0, 0.1) is 0 Å². The summed E-state index contributed by atoms with van der Waals surface area (Å²) < 4.78 is 33.1. The van der Waals surface area contributed by atoms with Gasteiger partial charge in [-0.3, -0.25) is 9.10 Å². The fourth-order valence-corrected chi connectivity index (χ4v) is 6.68. The lowest BCUT2D eigenvalue weighted by molar-refractivity contribution is 0.0303. The zero-order valence-electron chi connectivity index (χ0n) is 16.9. The van der Waals surface area contributed by atoms with Gasteiger partial charge in [0.15, 0.2) is 0 Å². The Kier molecular flexibility index (Phi) is 5.29. The van der Waals surface area contributed by atoms with Gasteiger partial charge in [-0.25, -0.2) is 8.42 Å². The molecule has 0 spiro atoms. The molecule has 31 heavy (non-hydrogen) atoms. The van der Waals surface area contributed by atoms with Crippen LogP contribution in [0.25, 0.3) is 11.1 Å². The van der Waals surface area contributed by atoms with E-state index in [0.29, 0.717) is 49.0 Å². The van der Waals surface area contributed by atoms with Crippen molar-refractivity contribution in [2.24, 2.45) is 0 Å². The van der Waals surface area contributed by atoms with Crippen LogP contribution in [-0.2, 0) is 21.2 Å². The summed E-state index contributed by atoms with van der Waals surface area (Å²) in [7, 11) is -3.51. The average molecular weight is 455 g/mol. The summed E-state index contributed by atoms with van der Waals surface area (Å²) >= 11 is 1.24. The molecule has 1 aromatic heterocycles. The molecule has 3 heterocycles. The minimum absolute atomic E-state index is 0.0261. The standard InChI is InChI=1S/C23H22N2O4S2/c26-23(24-11-13-29-14-12-24)18-5-3-17(4-6-18)19-7-8-21-20(16-19)9-10-25(21)31(27,28)22-2-1-15-30-22/h1-8,15-16H,9-14H2. The van der Waals surface area contributed by atoms with Gasteiger partial charge in [0.25, 0.3) is 15.9 Å². The SMILES string of the molecule is O=C(c1ccc(-c2ccc3c(c2)CCN3S(=O)(=O)c2cccs2)cc1)N1CCOCC1. The van der Waals surface area contributed by atoms with Gasteiger partial charge in [-0.05, 0) is 58.8 Å². The molecule has 1 amide bonds. The van der Waals surface area contributed by atoms with Gasteiger partial charge >= 0.3 is 0 Å². The van der Waals surface area contributed by atoms with Crippen LogP contribution in [0.4, 0.5) is 5.69 Å². The molecule has 2 aliphatic rings. The van der Waals surface area contributed by atoms with Crippen molar-refractivity contribution in [1.82, 2.24) is 4.90 Å². The number of rotatable bonds is 4. The maximum atomic E-state index is 12.9. The Morgan fingerprint density at radius 1 is 0.935 bits per heavy atom. The van der Waals surface area contributed by atoms with Gasteiger partial charge in [0, 0.05) is 25.2 Å². The Morgan fingerprint density at radius 3 is 2.39 bits per heavy atom. The molecule has 1 saturated heterocycles. The number of anilines is 1. The van der Waals surface area contributed by atoms with Gasteiger partial charge in [-0.2, -0.15) is 0 Å². The fourth-order valence-electron chi connectivity index (χ4n) is 4.07. The van der Waals surface area contributed by atoms with Crippen LogP contribution in [0.5, 0.6) is 0 Å². The van der Waals surface area contributed by atoms with Crippen molar-refractivity contribution in [1.29, 1.82) is 0 Å². The van der Waals surface area contributed by atoms with Crippen molar-refractivity contribution in [3.8, 4) is 11.1 Å². The van der Waals surface area contributed by atoms with Crippen LogP contribution in [0.3, 0.4) is 0 Å². The topological polar surface area (TPSA) is 66.9 Å². The highest BCUT2D eigenvalue weighted by Gasteiger charge is 2.31. The molecule has 2 aliphatic heterocycles. The van der Waals surface area contributed by atoms with E-state index >= 15 is 0 Å². The van der Waals surface area contributed by atoms with Crippen LogP contribution in [0.15, 0.2) is 64.2 Å². The van der Waals surface area contributed by atoms with Gasteiger partial charge in [0.05, 0.1) is 18.9 Å². The third kappa shape index (κ3) is 3.75. The first kappa shape index (κ1) is 20.2. The second kappa shape index (κ2) is 8.11. The van der Waals surface area contributed by atoms with Gasteiger partial charge < -0.3 is 9.64 Å². The number of hydrogen-bond acceptors (Lipinski definition) is 5. The number of fused-ring (bicyclic) bond motifs is 1. The smallest absolute Gasteiger partial charge is 0.273 e. The molecule has 0 aliphatic carbocycles. The largest absolute Gasteiger partial charge is 0.378 e. The third-order valence-corrected chi connectivity index (χ3v) is 8.92. The molecule has 6 nitrogen and oxygen atoms in total. The summed E-state index contributed by atoms with van der Waals surface area (Å²) in [5, 5.41) is 1.78. The first-order valence-electron chi connectivity index (χ1n) is 10.2. The van der Waals surface area contributed by atoms with E-state index in [0.717, 1.165) is 22.4 Å². The number of thiophene rings is 1. The number of benzene rings is 2. The van der Waals surface area contributed by atoms with Crippen molar-refractivity contribution in [2.45, 2.75) is 10.6 Å². The molecule has 0 atom stereocenters. The van der Waals surface area contributed by atoms with Gasteiger partial charge in [-0.15, -0.1) is 11.3 Å². The van der Waals surface area contributed by atoms with Crippen molar-refractivity contribution in [3.05, 3.63) is 71.1 Å². The quantitative estimate of drug-likeness (QED) is 0.604. The first-order valence-corrected chi connectivity index (χ1v) is 12.5. The van der Waals surface area contributed by atoms with Gasteiger partial charge in [0.2, 0.25) is 0 Å². The Balaban J connectivity index is 1.37. The fraction of sp³-hybridized carbons (Fsp3) is 0.261. The summed E-state index contributed by atoms with van der Waals surface area (Å²) in [6, 6.07) is 16.9. The van der Waals surface area contributed by atoms with Crippen LogP contribution >= 0.6 is 11.3 Å². The van der Waals surface area contributed by atoms with Crippen molar-refractivity contribution in [2.75, 3.05) is 37.2 Å². The molecule has 0 bridgehead atoms. The summed E-state index contributed by atoms with van der Waals surface area (Å²) in [5.41, 5.74) is 4.45. The third-order valence-electron chi connectivity index (χ3n) is 5.74. The van der Waals surface area contributed by atoms with E-state index in [1.54, 1.807) is 17.5 Å². The van der Waals surface area contributed by atoms with Crippen LogP contribution in [-0.4, -0.2) is 52.1 Å². The minimum Gasteiger partial charge on any atom is -0.378 e. The number of amides is 1. The van der Waals surface area contributed by atoms with Gasteiger partial charge in [0.1, 0.15) is 4.21 Å². The van der Waals surface area contributed by atoms with Crippen molar-refractivity contribution in [3.63, 3.8) is 0 Å². The highest BCUT2D eigenvalue weighted by Crippen LogP contribution is 2.36. The maximum Gasteiger partial charge on any atom is 0.273 e. The number of ether oxygens (including phenoxy) is 1. The van der Waals surface area contributed by atoms with Crippen molar-refractivity contribution < 1.29 is 17.9 Å². The molecule has 0 N–H and O–H groups in total. The van der Waals surface area contributed by atoms with E-state index in [-0.39, 0.29) is 5.91 Å². The van der Waals surface area contributed by atoms with Crippen molar-refractivity contribution >= 4 is 33.0 Å². The second-order valence-corrected chi connectivity index (χ2v) is 10.6. The lowest BCUT2D eigenvalue weighted by atomic mass is 10.0. The Hall–Kier alpha value is -2.68. The summed E-state index contributed by atoms with van der Waals surface area (Å²) in [6.45, 7) is 2.86. The van der Waals surface area contributed by atoms with Gasteiger partial charge in [-0.1, -0.05) is 24.3 Å². The number of hydrogen-bond donors (Lipinski definition) is 0. The predicted octanol–water partition coefficient (Wildman–Crippen LogP) is 3.64. The predicted molar refractivity (Wildman–Crippen MR) is 121 cm³/mol. The van der Waals surface area contributed by atoms with E-state index < -0.39 is 10.0 Å². The normalized spacial score (nSPS) is 16.4. The average Bonchev–Trinajstić information content (AvgIpc) is 3.50. The van der Waals surface area contributed by atoms with Crippen LogP contribution < -0.4 is 4.31 Å². The first-order chi connectivity index (χ1) is 15.0. The molecule has 1 fully saturated rings. The van der Waals surface area contributed by atoms with E-state index in [2.05, 4.69) is 6.07 Å². The van der Waals surface area contributed by atoms with E-state index in [4.69, 9.17) is 4.74 Å². The summed E-state index contributed by atoms with van der Waals surface area (Å²) in [5.74, 6) is 0.0261. The van der Waals surface area contributed by atoms with E-state index in [9.17, 15) is 13.2 Å². The minimum atomic E-state index is -3.51. The maximum absolute atomic E-state index is 12.9. The Morgan fingerprint density at radius 2 is 1.68 bits per heavy atom. The number of carbonyl (C=O) groups excluding carboxylic acids is 1. The molecule has 3 aromatic rings. The lowest BCUT2D eigenvalue weighted by Crippen LogP contribution is -2.40. The molecule has 0 saturated carbocycles. The molecule has 5 rings (SSSR count). The molecule has 0 unspecified atom stereocenters. The Bertz CT molecular complexity index is 1200. The highest BCUT2D eigenvalue weighted by molar-refractivity contribution is 7.94. The number of nitrogens with zero attached hydrogens (tertiary/aromatic N) is 2. The summed E-state index contributed by atoms with van der Waals surface area (Å²) in [4.78, 5) is 14.5. The van der Waals surface area contributed by atoms with Crippen LogP contribution in [0.2, 0.25) is 0 Å². The molecule has 0 radical (unpaired) electrons. The number of carbonyl (C=O) groups is 1. The lowest BCUT2D eigenvalue weighted by Gasteiger charge is -2.26. The monoisotopic (exact) mass is 454 g/mol. The molecular formula is C23H22N2O4S2. The zero-order chi connectivity index (χ0) is 21.4.